The van der Waals surface area contributed by atoms with Gasteiger partial charge in [0.2, 0.25) is 0 Å². The highest BCUT2D eigenvalue weighted by molar-refractivity contribution is 7.54. The molecule has 0 saturated carbocycles. The highest BCUT2D eigenvalue weighted by Crippen LogP contribution is 2.62. The van der Waals surface area contributed by atoms with E-state index in [4.69, 9.17) is 13.8 Å². The Morgan fingerprint density at radius 2 is 1.59 bits per heavy atom. The fourth-order valence-electron chi connectivity index (χ4n) is 2.77. The third-order valence-corrected chi connectivity index (χ3v) is 6.33. The minimum atomic E-state index is -3.76. The van der Waals surface area contributed by atoms with Crippen molar-refractivity contribution in [3.05, 3.63) is 64.2 Å². The summed E-state index contributed by atoms with van der Waals surface area (Å²) in [6.45, 7) is 7.03. The number of rotatable bonds is 10. The summed E-state index contributed by atoms with van der Waals surface area (Å²) in [5.41, 5.74) is 0.609. The largest absolute Gasteiger partial charge is 0.496 e. The Morgan fingerprint density at radius 1 is 1.00 bits per heavy atom. The maximum atomic E-state index is 13.8. The SMILES string of the molecule is COc1ccc(NC(c2ccccc2)P(=O)(OC(C)C)OC(C)C)c([N+](=O)[O-])c1. The molecule has 9 heteroatoms. The Labute approximate surface area is 170 Å². The van der Waals surface area contributed by atoms with E-state index >= 15 is 0 Å². The average Bonchev–Trinajstić information content (AvgIpc) is 2.65. The van der Waals surface area contributed by atoms with Crippen molar-refractivity contribution in [1.82, 2.24) is 0 Å². The lowest BCUT2D eigenvalue weighted by atomic mass is 10.2. The van der Waals surface area contributed by atoms with E-state index in [1.807, 2.05) is 6.07 Å². The van der Waals surface area contributed by atoms with Crippen LogP contribution in [0.25, 0.3) is 0 Å². The normalized spacial score (nSPS) is 12.8. The van der Waals surface area contributed by atoms with E-state index in [0.29, 0.717) is 11.3 Å². The van der Waals surface area contributed by atoms with Gasteiger partial charge in [-0.15, -0.1) is 0 Å². The molecule has 158 valence electrons. The van der Waals surface area contributed by atoms with Crippen molar-refractivity contribution in [2.24, 2.45) is 0 Å². The molecule has 0 heterocycles. The smallest absolute Gasteiger partial charge is 0.357 e. The molecule has 1 unspecified atom stereocenters. The van der Waals surface area contributed by atoms with Crippen molar-refractivity contribution < 1.29 is 23.3 Å². The van der Waals surface area contributed by atoms with Gasteiger partial charge >= 0.3 is 7.60 Å². The molecule has 0 aliphatic carbocycles. The number of anilines is 1. The molecule has 0 spiro atoms. The van der Waals surface area contributed by atoms with Crippen molar-refractivity contribution in [1.29, 1.82) is 0 Å². The van der Waals surface area contributed by atoms with Crippen LogP contribution in [0.5, 0.6) is 5.75 Å². The second kappa shape index (κ2) is 9.87. The third kappa shape index (κ3) is 6.03. The number of nitrogens with zero attached hydrogens (tertiary/aromatic N) is 1. The molecular formula is C20H27N2O6P. The van der Waals surface area contributed by atoms with Crippen molar-refractivity contribution in [3.63, 3.8) is 0 Å². The molecule has 0 bridgehead atoms. The Balaban J connectivity index is 2.58. The van der Waals surface area contributed by atoms with Crippen LogP contribution in [-0.4, -0.2) is 24.2 Å². The van der Waals surface area contributed by atoms with Gasteiger partial charge in [0.15, 0.2) is 5.78 Å². The quantitative estimate of drug-likeness (QED) is 0.295. The van der Waals surface area contributed by atoms with Crippen molar-refractivity contribution in [3.8, 4) is 5.75 Å². The molecule has 1 N–H and O–H groups in total. The van der Waals surface area contributed by atoms with Gasteiger partial charge in [-0.25, -0.2) is 0 Å². The average molecular weight is 422 g/mol. The van der Waals surface area contributed by atoms with Crippen molar-refractivity contribution in [2.75, 3.05) is 12.4 Å². The van der Waals surface area contributed by atoms with E-state index in [1.54, 1.807) is 58.0 Å². The van der Waals surface area contributed by atoms with Gasteiger partial charge in [-0.3, -0.25) is 14.7 Å². The molecule has 8 nitrogen and oxygen atoms in total. The number of benzene rings is 2. The minimum Gasteiger partial charge on any atom is -0.496 e. The van der Waals surface area contributed by atoms with Crippen LogP contribution in [0.3, 0.4) is 0 Å². The summed E-state index contributed by atoms with van der Waals surface area (Å²) in [6.07, 6.45) is -0.753. The van der Waals surface area contributed by atoms with Gasteiger partial charge in [-0.05, 0) is 45.4 Å². The number of nitrogens with one attached hydrogen (secondary N) is 1. The molecule has 0 saturated heterocycles. The van der Waals surface area contributed by atoms with Gasteiger partial charge in [0.05, 0.1) is 30.3 Å². The second-order valence-electron chi connectivity index (χ2n) is 6.95. The van der Waals surface area contributed by atoms with Crippen molar-refractivity contribution in [2.45, 2.75) is 45.7 Å². The lowest BCUT2D eigenvalue weighted by Gasteiger charge is -2.31. The first-order valence-electron chi connectivity index (χ1n) is 9.26. The van der Waals surface area contributed by atoms with E-state index in [-0.39, 0.29) is 23.6 Å². The first-order valence-corrected chi connectivity index (χ1v) is 10.9. The monoisotopic (exact) mass is 422 g/mol. The summed E-state index contributed by atoms with van der Waals surface area (Å²) in [4.78, 5) is 11.1. The number of ether oxygens (including phenoxy) is 1. The van der Waals surface area contributed by atoms with Gasteiger partial charge in [0.25, 0.3) is 5.69 Å². The van der Waals surface area contributed by atoms with Gasteiger partial charge in [-0.2, -0.15) is 0 Å². The molecule has 0 aliphatic heterocycles. The molecule has 0 fully saturated rings. The van der Waals surface area contributed by atoms with Crippen molar-refractivity contribution >= 4 is 19.0 Å². The zero-order valence-corrected chi connectivity index (χ0v) is 18.1. The molecule has 29 heavy (non-hydrogen) atoms. The number of hydrogen-bond acceptors (Lipinski definition) is 7. The highest BCUT2D eigenvalue weighted by Gasteiger charge is 2.40. The van der Waals surface area contributed by atoms with E-state index in [2.05, 4.69) is 5.32 Å². The molecule has 2 aromatic carbocycles. The lowest BCUT2D eigenvalue weighted by molar-refractivity contribution is -0.384. The molecule has 2 rings (SSSR count). The first-order chi connectivity index (χ1) is 13.7. The Kier molecular flexibility index (Phi) is 7.79. The van der Waals surface area contributed by atoms with Crippen LogP contribution < -0.4 is 10.1 Å². The predicted molar refractivity (Wildman–Crippen MR) is 113 cm³/mol. The fraction of sp³-hybridized carbons (Fsp3) is 0.400. The Hall–Kier alpha value is -2.41. The van der Waals surface area contributed by atoms with Crippen LogP contribution in [0.1, 0.15) is 39.0 Å². The molecule has 0 radical (unpaired) electrons. The van der Waals surface area contributed by atoms with Crippen LogP contribution in [-0.2, 0) is 13.6 Å². The number of nitro groups is 1. The summed E-state index contributed by atoms with van der Waals surface area (Å²) in [5.74, 6) is -0.598. The number of methoxy groups -OCH3 is 1. The molecule has 0 amide bonds. The van der Waals surface area contributed by atoms with E-state index in [9.17, 15) is 14.7 Å². The minimum absolute atomic E-state index is 0.185. The summed E-state index contributed by atoms with van der Waals surface area (Å²) in [7, 11) is -2.33. The summed E-state index contributed by atoms with van der Waals surface area (Å²) in [6, 6.07) is 13.4. The topological polar surface area (TPSA) is 99.9 Å². The first kappa shape index (κ1) is 22.9. The summed E-state index contributed by atoms with van der Waals surface area (Å²) >= 11 is 0. The van der Waals surface area contributed by atoms with Gasteiger partial charge < -0.3 is 19.1 Å². The van der Waals surface area contributed by atoms with E-state index in [1.165, 1.54) is 19.2 Å². The van der Waals surface area contributed by atoms with Gasteiger partial charge in [0.1, 0.15) is 11.4 Å². The van der Waals surface area contributed by atoms with Crippen LogP contribution in [0.15, 0.2) is 48.5 Å². The van der Waals surface area contributed by atoms with Crippen LogP contribution in [0, 0.1) is 10.1 Å². The second-order valence-corrected chi connectivity index (χ2v) is 8.96. The van der Waals surface area contributed by atoms with Crippen LogP contribution in [0.4, 0.5) is 11.4 Å². The zero-order chi connectivity index (χ0) is 21.6. The lowest BCUT2D eigenvalue weighted by Crippen LogP contribution is -2.19. The molecule has 0 aromatic heterocycles. The van der Waals surface area contributed by atoms with E-state index in [0.717, 1.165) is 0 Å². The molecule has 0 aliphatic rings. The van der Waals surface area contributed by atoms with Gasteiger partial charge in [-0.1, -0.05) is 30.3 Å². The predicted octanol–water partition coefficient (Wildman–Crippen LogP) is 5.76. The molecular weight excluding hydrogens is 395 g/mol. The standard InChI is InChI=1S/C20H27N2O6P/c1-14(2)27-29(25,28-15(3)4)20(16-9-7-6-8-10-16)21-18-12-11-17(26-5)13-19(18)22(23)24/h6-15,20-21H,1-5H3. The number of nitro benzene ring substituents is 1. The van der Waals surface area contributed by atoms with Crippen LogP contribution >= 0.6 is 7.60 Å². The molecule has 1 atom stereocenters. The Bertz CT molecular complexity index is 859. The zero-order valence-electron chi connectivity index (χ0n) is 17.2. The maximum absolute atomic E-state index is 13.8. The number of hydrogen-bond donors (Lipinski definition) is 1. The summed E-state index contributed by atoms with van der Waals surface area (Å²) in [5, 5.41) is 14.6. The summed E-state index contributed by atoms with van der Waals surface area (Å²) < 4.78 is 30.4. The van der Waals surface area contributed by atoms with Crippen LogP contribution in [0.2, 0.25) is 0 Å². The third-order valence-electron chi connectivity index (χ3n) is 3.84. The fourth-order valence-corrected chi connectivity index (χ4v) is 5.08. The Morgan fingerprint density at radius 3 is 2.07 bits per heavy atom. The maximum Gasteiger partial charge on any atom is 0.357 e. The molecule has 2 aromatic rings. The highest BCUT2D eigenvalue weighted by atomic mass is 31.2. The van der Waals surface area contributed by atoms with E-state index < -0.39 is 18.3 Å². The van der Waals surface area contributed by atoms with Gasteiger partial charge in [0, 0.05) is 0 Å².